The third-order valence-corrected chi connectivity index (χ3v) is 8.44. The molecule has 0 radical (unpaired) electrons. The Morgan fingerprint density at radius 3 is 2.02 bits per heavy atom. The lowest BCUT2D eigenvalue weighted by Gasteiger charge is -2.32. The molecule has 1 unspecified atom stereocenters. The van der Waals surface area contributed by atoms with Crippen LogP contribution in [0.25, 0.3) is 0 Å². The number of hydrogen-bond donors (Lipinski definition) is 2. The highest BCUT2D eigenvalue weighted by molar-refractivity contribution is 6.26. The third kappa shape index (κ3) is 6.22. The molecule has 0 aliphatic carbocycles. The number of rotatable bonds is 10. The van der Waals surface area contributed by atoms with E-state index in [0.29, 0.717) is 23.5 Å². The molecule has 3 heterocycles. The predicted molar refractivity (Wildman–Crippen MR) is 197 cm³/mol. The molecule has 3 aliphatic rings. The first-order chi connectivity index (χ1) is 23.0. The summed E-state index contributed by atoms with van der Waals surface area (Å²) in [6.07, 6.45) is 8.18. The summed E-state index contributed by atoms with van der Waals surface area (Å²) < 4.78 is 0. The minimum atomic E-state index is 0.438. The number of anilines is 5. The van der Waals surface area contributed by atoms with E-state index in [2.05, 4.69) is 77.9 Å². The Balaban J connectivity index is 1.32. The van der Waals surface area contributed by atoms with E-state index in [0.717, 1.165) is 64.1 Å². The summed E-state index contributed by atoms with van der Waals surface area (Å²) in [5, 5.41) is 7.24. The van der Waals surface area contributed by atoms with Crippen molar-refractivity contribution in [2.45, 2.75) is 32.6 Å². The molecule has 0 amide bonds. The van der Waals surface area contributed by atoms with E-state index in [9.17, 15) is 0 Å². The molecule has 8 heteroatoms. The van der Waals surface area contributed by atoms with Crippen LogP contribution in [-0.4, -0.2) is 42.5 Å². The summed E-state index contributed by atoms with van der Waals surface area (Å²) in [4.78, 5) is 24.2. The average Bonchev–Trinajstić information content (AvgIpc) is 3.09. The van der Waals surface area contributed by atoms with Crippen molar-refractivity contribution in [1.29, 1.82) is 0 Å². The molecule has 0 spiro atoms. The number of allylic oxidation sites excluding steroid dienone is 2. The van der Waals surface area contributed by atoms with E-state index in [1.54, 1.807) is 0 Å². The van der Waals surface area contributed by atoms with Gasteiger partial charge in [-0.2, -0.15) is 9.98 Å². The normalized spacial score (nSPS) is 15.4. The lowest BCUT2D eigenvalue weighted by molar-refractivity contribution is 0.665. The molecule has 8 nitrogen and oxygen atoms in total. The third-order valence-electron chi connectivity index (χ3n) is 8.44. The molecule has 1 atom stereocenters. The van der Waals surface area contributed by atoms with Crippen LogP contribution in [0.3, 0.4) is 0 Å². The van der Waals surface area contributed by atoms with Gasteiger partial charge >= 0.3 is 0 Å². The van der Waals surface area contributed by atoms with Gasteiger partial charge in [-0.3, -0.25) is 0 Å². The van der Waals surface area contributed by atoms with Crippen LogP contribution < -0.4 is 15.5 Å². The molecule has 7 rings (SSSR count). The Morgan fingerprint density at radius 2 is 1.36 bits per heavy atom. The lowest BCUT2D eigenvalue weighted by atomic mass is 9.94. The highest BCUT2D eigenvalue weighted by atomic mass is 15.4. The zero-order valence-corrected chi connectivity index (χ0v) is 27.1. The lowest BCUT2D eigenvalue weighted by Crippen LogP contribution is -2.41. The van der Waals surface area contributed by atoms with Gasteiger partial charge in [0, 0.05) is 48.0 Å². The van der Waals surface area contributed by atoms with Crippen LogP contribution in [0.15, 0.2) is 141 Å². The Bertz CT molecular complexity index is 1980. The Morgan fingerprint density at radius 1 is 0.723 bits per heavy atom. The monoisotopic (exact) mass is 618 g/mol. The minimum Gasteiger partial charge on any atom is -0.378 e. The fourth-order valence-corrected chi connectivity index (χ4v) is 5.92. The first-order valence-corrected chi connectivity index (χ1v) is 16.1. The maximum atomic E-state index is 5.09. The maximum Gasteiger partial charge on any atom is 0.241 e. The van der Waals surface area contributed by atoms with Crippen LogP contribution in [0.1, 0.15) is 49.3 Å². The van der Waals surface area contributed by atoms with Crippen LogP contribution >= 0.6 is 0 Å². The topological polar surface area (TPSA) is 80.0 Å². The van der Waals surface area contributed by atoms with E-state index in [4.69, 9.17) is 20.0 Å². The smallest absolute Gasteiger partial charge is 0.241 e. The highest BCUT2D eigenvalue weighted by Crippen LogP contribution is 2.33. The van der Waals surface area contributed by atoms with E-state index < -0.39 is 0 Å². The summed E-state index contributed by atoms with van der Waals surface area (Å²) in [7, 11) is 4.07. The van der Waals surface area contributed by atoms with Gasteiger partial charge < -0.3 is 15.5 Å². The van der Waals surface area contributed by atoms with Gasteiger partial charge in [0.25, 0.3) is 0 Å². The minimum absolute atomic E-state index is 0.438. The fraction of sp³-hybridized carbons (Fsp3) is 0.179. The second-order valence-electron chi connectivity index (χ2n) is 12.1. The van der Waals surface area contributed by atoms with Gasteiger partial charge in [0.05, 0.1) is 5.69 Å². The standard InChI is InChI=1S/C39H38N8/c1-5-13-26(2)27-20-22-31(33(24-27)40-28-14-8-6-9-15-28)37-42-35-18-12-19-36-43-38(45-39(44-37)47(35)36)32-23-21-30(46(3)4)25-34(32)41-29-16-10-7-11-17-29/h6-12,14-26,40-41H,5,13H2,1-4H3. The molecular formula is C39H38N8. The largest absolute Gasteiger partial charge is 0.378 e. The number of nitrogens with zero attached hydrogens (tertiary/aromatic N) is 6. The molecule has 47 heavy (non-hydrogen) atoms. The number of nitrogens with one attached hydrogen (secondary N) is 2. The number of amidine groups is 3. The summed E-state index contributed by atoms with van der Waals surface area (Å²) in [5.41, 5.74) is 8.00. The molecule has 0 bridgehead atoms. The molecule has 0 saturated heterocycles. The molecule has 0 saturated carbocycles. The van der Waals surface area contributed by atoms with Crippen molar-refractivity contribution in [3.8, 4) is 0 Å². The number of hydrogen-bond acceptors (Lipinski definition) is 8. The van der Waals surface area contributed by atoms with Crippen molar-refractivity contribution in [3.05, 3.63) is 138 Å². The molecule has 4 aromatic carbocycles. The van der Waals surface area contributed by atoms with Gasteiger partial charge in [0.2, 0.25) is 5.96 Å². The second-order valence-corrected chi connectivity index (χ2v) is 12.1. The van der Waals surface area contributed by atoms with E-state index in [-0.39, 0.29) is 0 Å². The van der Waals surface area contributed by atoms with Gasteiger partial charge in [-0.25, -0.2) is 14.9 Å². The Hall–Kier alpha value is -5.76. The van der Waals surface area contributed by atoms with Crippen LogP contribution in [0.2, 0.25) is 0 Å². The quantitative estimate of drug-likeness (QED) is 0.186. The Kier molecular flexibility index (Phi) is 8.23. The predicted octanol–water partition coefficient (Wildman–Crippen LogP) is 8.83. The maximum absolute atomic E-state index is 5.09. The van der Waals surface area contributed by atoms with Gasteiger partial charge in [-0.05, 0) is 84.7 Å². The number of benzene rings is 4. The SMILES string of the molecule is CCCC(C)c1ccc(C2=NC3=CC=CC4=NC(c5ccc(N(C)C)cc5Nc5ccccc5)=NC(=N2)N34)c(Nc2ccccc2)c1. The van der Waals surface area contributed by atoms with Crippen molar-refractivity contribution in [2.24, 2.45) is 20.0 Å². The first-order valence-electron chi connectivity index (χ1n) is 16.1. The van der Waals surface area contributed by atoms with Crippen molar-refractivity contribution in [2.75, 3.05) is 29.6 Å². The average molecular weight is 619 g/mol. The van der Waals surface area contributed by atoms with Crippen molar-refractivity contribution in [3.63, 3.8) is 0 Å². The van der Waals surface area contributed by atoms with Crippen LogP contribution in [0.5, 0.6) is 0 Å². The van der Waals surface area contributed by atoms with Crippen molar-refractivity contribution >= 4 is 51.9 Å². The van der Waals surface area contributed by atoms with Crippen LogP contribution in [0.4, 0.5) is 28.4 Å². The Labute approximate surface area is 276 Å². The molecule has 2 N–H and O–H groups in total. The van der Waals surface area contributed by atoms with Crippen LogP contribution in [-0.2, 0) is 0 Å². The zero-order chi connectivity index (χ0) is 32.3. The number of para-hydroxylation sites is 2. The van der Waals surface area contributed by atoms with E-state index in [1.165, 1.54) is 5.56 Å². The first kappa shape index (κ1) is 29.9. The summed E-state index contributed by atoms with van der Waals surface area (Å²) >= 11 is 0. The summed E-state index contributed by atoms with van der Waals surface area (Å²) in [6, 6.07) is 33.2. The van der Waals surface area contributed by atoms with E-state index in [1.807, 2.05) is 85.8 Å². The summed E-state index contributed by atoms with van der Waals surface area (Å²) in [5.74, 6) is 3.60. The molecule has 4 aromatic rings. The zero-order valence-electron chi connectivity index (χ0n) is 27.1. The summed E-state index contributed by atoms with van der Waals surface area (Å²) in [6.45, 7) is 4.51. The highest BCUT2D eigenvalue weighted by Gasteiger charge is 2.32. The molecule has 0 fully saturated rings. The second kappa shape index (κ2) is 12.9. The number of guanidine groups is 1. The van der Waals surface area contributed by atoms with Crippen molar-refractivity contribution in [1.82, 2.24) is 4.90 Å². The van der Waals surface area contributed by atoms with Gasteiger partial charge in [-0.15, -0.1) is 0 Å². The fourth-order valence-electron chi connectivity index (χ4n) is 5.92. The molecule has 0 aromatic heterocycles. The van der Waals surface area contributed by atoms with Crippen molar-refractivity contribution < 1.29 is 0 Å². The van der Waals surface area contributed by atoms with E-state index >= 15 is 0 Å². The van der Waals surface area contributed by atoms with Gasteiger partial charge in [-0.1, -0.05) is 68.8 Å². The van der Waals surface area contributed by atoms with Gasteiger partial charge in [0.1, 0.15) is 11.7 Å². The molecule has 3 aliphatic heterocycles. The molecule has 234 valence electrons. The molecular weight excluding hydrogens is 580 g/mol. The van der Waals surface area contributed by atoms with Crippen LogP contribution in [0, 0.1) is 0 Å². The number of aliphatic imine (C=N–C) groups is 4. The van der Waals surface area contributed by atoms with Gasteiger partial charge in [0.15, 0.2) is 11.7 Å².